The zero-order chi connectivity index (χ0) is 16.3. The summed E-state index contributed by atoms with van der Waals surface area (Å²) in [5, 5.41) is 19.7. The van der Waals surface area contributed by atoms with Gasteiger partial charge in [0.15, 0.2) is 0 Å². The number of hydrogen-bond donors (Lipinski definition) is 2. The summed E-state index contributed by atoms with van der Waals surface area (Å²) in [5.74, 6) is -1.40. The molecule has 8 nitrogen and oxygen atoms in total. The number of nitro benzene ring substituents is 1. The van der Waals surface area contributed by atoms with Crippen LogP contribution in [0.25, 0.3) is 0 Å². The molecule has 22 heavy (non-hydrogen) atoms. The number of carboxylic acid groups (broad SMARTS) is 1. The van der Waals surface area contributed by atoms with Gasteiger partial charge in [-0.15, -0.1) is 0 Å². The molecule has 2 aromatic rings. The summed E-state index contributed by atoms with van der Waals surface area (Å²) in [6.07, 6.45) is 0. The lowest BCUT2D eigenvalue weighted by Crippen LogP contribution is -2.13. The molecule has 0 heterocycles. The Bertz CT molecular complexity index is 801. The lowest BCUT2D eigenvalue weighted by Gasteiger charge is -2.08. The van der Waals surface area contributed by atoms with E-state index in [2.05, 4.69) is 4.72 Å². The van der Waals surface area contributed by atoms with Crippen LogP contribution in [-0.4, -0.2) is 24.4 Å². The van der Waals surface area contributed by atoms with Gasteiger partial charge in [-0.05, 0) is 18.2 Å². The summed E-state index contributed by atoms with van der Waals surface area (Å²) in [6, 6.07) is 10.2. The number of non-ortho nitro benzene ring substituents is 1. The Kier molecular flexibility index (Phi) is 4.08. The van der Waals surface area contributed by atoms with Crippen molar-refractivity contribution in [3.63, 3.8) is 0 Å². The van der Waals surface area contributed by atoms with E-state index in [9.17, 15) is 23.3 Å². The van der Waals surface area contributed by atoms with Crippen LogP contribution in [0.4, 0.5) is 11.4 Å². The highest BCUT2D eigenvalue weighted by Gasteiger charge is 2.18. The average molecular weight is 322 g/mol. The number of carboxylic acids is 1. The van der Waals surface area contributed by atoms with Crippen LogP contribution < -0.4 is 4.72 Å². The fraction of sp³-hybridized carbons (Fsp3) is 0. The average Bonchev–Trinajstić information content (AvgIpc) is 2.47. The first-order valence-electron chi connectivity index (χ1n) is 5.90. The highest BCUT2D eigenvalue weighted by Crippen LogP contribution is 2.23. The Morgan fingerprint density at radius 2 is 1.77 bits per heavy atom. The van der Waals surface area contributed by atoms with Gasteiger partial charge in [-0.2, -0.15) is 0 Å². The van der Waals surface area contributed by atoms with Gasteiger partial charge in [0, 0.05) is 12.1 Å². The number of rotatable bonds is 5. The summed E-state index contributed by atoms with van der Waals surface area (Å²) in [4.78, 5) is 20.9. The van der Waals surface area contributed by atoms with E-state index in [1.165, 1.54) is 24.3 Å². The number of aromatic carboxylic acids is 1. The molecular weight excluding hydrogens is 312 g/mol. The number of benzene rings is 2. The Morgan fingerprint density at radius 1 is 1.14 bits per heavy atom. The van der Waals surface area contributed by atoms with Gasteiger partial charge in [-0.3, -0.25) is 14.8 Å². The molecule has 0 radical (unpaired) electrons. The third kappa shape index (κ3) is 3.38. The third-order valence-corrected chi connectivity index (χ3v) is 4.08. The monoisotopic (exact) mass is 322 g/mol. The van der Waals surface area contributed by atoms with Crippen molar-refractivity contribution >= 4 is 27.4 Å². The van der Waals surface area contributed by atoms with E-state index in [4.69, 9.17) is 5.11 Å². The van der Waals surface area contributed by atoms with Gasteiger partial charge in [0.25, 0.3) is 15.7 Å². The Hall–Kier alpha value is -2.94. The topological polar surface area (TPSA) is 127 Å². The molecule has 0 aliphatic carbocycles. The van der Waals surface area contributed by atoms with Crippen LogP contribution in [0, 0.1) is 10.1 Å². The molecule has 0 amide bonds. The molecule has 0 aliphatic heterocycles. The fourth-order valence-electron chi connectivity index (χ4n) is 1.71. The molecule has 0 spiro atoms. The Labute approximate surface area is 125 Å². The molecule has 114 valence electrons. The van der Waals surface area contributed by atoms with Gasteiger partial charge >= 0.3 is 5.97 Å². The smallest absolute Gasteiger partial charge is 0.336 e. The number of carbonyl (C=O) groups is 1. The molecule has 0 aliphatic rings. The molecule has 9 heteroatoms. The second kappa shape index (κ2) is 5.82. The van der Waals surface area contributed by atoms with Crippen LogP contribution >= 0.6 is 0 Å². The van der Waals surface area contributed by atoms with Gasteiger partial charge in [-0.25, -0.2) is 13.2 Å². The zero-order valence-electron chi connectivity index (χ0n) is 11.0. The summed E-state index contributed by atoms with van der Waals surface area (Å²) in [5.41, 5.74) is -1.11. The van der Waals surface area contributed by atoms with E-state index in [1.54, 1.807) is 6.07 Å². The summed E-state index contributed by atoms with van der Waals surface area (Å²) >= 11 is 0. The van der Waals surface area contributed by atoms with Gasteiger partial charge < -0.3 is 5.11 Å². The van der Waals surface area contributed by atoms with Crippen molar-refractivity contribution in [3.05, 3.63) is 64.2 Å². The van der Waals surface area contributed by atoms with E-state index >= 15 is 0 Å². The third-order valence-electron chi connectivity index (χ3n) is 2.68. The van der Waals surface area contributed by atoms with Crippen molar-refractivity contribution in [3.8, 4) is 0 Å². The number of anilines is 1. The van der Waals surface area contributed by atoms with Gasteiger partial charge in [0.1, 0.15) is 0 Å². The van der Waals surface area contributed by atoms with Crippen molar-refractivity contribution < 1.29 is 23.2 Å². The number of nitrogens with one attached hydrogen (secondary N) is 1. The predicted molar refractivity (Wildman–Crippen MR) is 77.3 cm³/mol. The van der Waals surface area contributed by atoms with Crippen molar-refractivity contribution in [2.24, 2.45) is 0 Å². The molecule has 0 fully saturated rings. The first kappa shape index (κ1) is 15.4. The lowest BCUT2D eigenvalue weighted by atomic mass is 10.2. The van der Waals surface area contributed by atoms with Gasteiger partial charge in [0.05, 0.1) is 21.1 Å². The molecule has 0 saturated heterocycles. The van der Waals surface area contributed by atoms with E-state index in [0.29, 0.717) is 0 Å². The molecule has 2 aromatic carbocycles. The van der Waals surface area contributed by atoms with E-state index in [1.807, 2.05) is 0 Å². The SMILES string of the molecule is O=C(O)c1cc(NS(=O)(=O)c2ccccc2)cc([N+](=O)[O-])c1. The maximum Gasteiger partial charge on any atom is 0.336 e. The first-order valence-corrected chi connectivity index (χ1v) is 7.38. The minimum absolute atomic E-state index is 0.0432. The van der Waals surface area contributed by atoms with E-state index < -0.39 is 26.6 Å². The lowest BCUT2D eigenvalue weighted by molar-refractivity contribution is -0.384. The normalized spacial score (nSPS) is 10.9. The molecule has 2 rings (SSSR count). The minimum Gasteiger partial charge on any atom is -0.478 e. The van der Waals surface area contributed by atoms with Crippen LogP contribution in [0.3, 0.4) is 0 Å². The number of nitro groups is 1. The predicted octanol–water partition coefficient (Wildman–Crippen LogP) is 2.09. The second-order valence-electron chi connectivity index (χ2n) is 4.25. The van der Waals surface area contributed by atoms with Crippen LogP contribution in [-0.2, 0) is 10.0 Å². The zero-order valence-corrected chi connectivity index (χ0v) is 11.8. The molecule has 0 aromatic heterocycles. The minimum atomic E-state index is -3.96. The van der Waals surface area contributed by atoms with Gasteiger partial charge in [0.2, 0.25) is 0 Å². The highest BCUT2D eigenvalue weighted by atomic mass is 32.2. The Morgan fingerprint density at radius 3 is 2.32 bits per heavy atom. The summed E-state index contributed by atoms with van der Waals surface area (Å²) in [7, 11) is -3.96. The highest BCUT2D eigenvalue weighted by molar-refractivity contribution is 7.92. The largest absolute Gasteiger partial charge is 0.478 e. The number of hydrogen-bond acceptors (Lipinski definition) is 5. The number of sulfonamides is 1. The van der Waals surface area contributed by atoms with Crippen molar-refractivity contribution in [2.75, 3.05) is 4.72 Å². The Balaban J connectivity index is 2.45. The number of nitrogens with zero attached hydrogens (tertiary/aromatic N) is 1. The van der Waals surface area contributed by atoms with Crippen molar-refractivity contribution in [2.45, 2.75) is 4.90 Å². The second-order valence-corrected chi connectivity index (χ2v) is 5.93. The van der Waals surface area contributed by atoms with Crippen LogP contribution in [0.15, 0.2) is 53.4 Å². The maximum absolute atomic E-state index is 12.1. The van der Waals surface area contributed by atoms with Crippen LogP contribution in [0.5, 0.6) is 0 Å². The van der Waals surface area contributed by atoms with Crippen LogP contribution in [0.1, 0.15) is 10.4 Å². The van der Waals surface area contributed by atoms with Crippen LogP contribution in [0.2, 0.25) is 0 Å². The standard InChI is InChI=1S/C13H10N2O6S/c16-13(17)9-6-10(8-11(7-9)15(18)19)14-22(20,21)12-4-2-1-3-5-12/h1-8,14H,(H,16,17). The molecule has 0 atom stereocenters. The molecule has 0 bridgehead atoms. The molecule has 0 unspecified atom stereocenters. The fourth-order valence-corrected chi connectivity index (χ4v) is 2.77. The molecule has 0 saturated carbocycles. The summed E-state index contributed by atoms with van der Waals surface area (Å²) in [6.45, 7) is 0. The van der Waals surface area contributed by atoms with Gasteiger partial charge in [-0.1, -0.05) is 18.2 Å². The molecule has 2 N–H and O–H groups in total. The van der Waals surface area contributed by atoms with Crippen molar-refractivity contribution in [1.29, 1.82) is 0 Å². The van der Waals surface area contributed by atoms with Crippen molar-refractivity contribution in [1.82, 2.24) is 0 Å². The maximum atomic E-state index is 12.1. The van der Waals surface area contributed by atoms with E-state index in [0.717, 1.165) is 18.2 Å². The first-order chi connectivity index (χ1) is 10.3. The molecular formula is C13H10N2O6S. The quantitative estimate of drug-likeness (QED) is 0.641. The van der Waals surface area contributed by atoms with E-state index in [-0.39, 0.29) is 16.1 Å². The summed E-state index contributed by atoms with van der Waals surface area (Å²) < 4.78 is 26.4.